The molecule has 0 saturated carbocycles. The molecule has 27 heavy (non-hydrogen) atoms. The SMILES string of the molecule is O=C(c1ccc(N2CCOCC2)[nH+]c1)N(Cc1ncc[nH]1)c1ccccc1. The predicted molar refractivity (Wildman–Crippen MR) is 102 cm³/mol. The molecule has 0 spiro atoms. The van der Waals surface area contributed by atoms with Gasteiger partial charge >= 0.3 is 0 Å². The minimum Gasteiger partial charge on any atom is -0.373 e. The van der Waals surface area contributed by atoms with E-state index >= 15 is 0 Å². The molecule has 2 aromatic heterocycles. The summed E-state index contributed by atoms with van der Waals surface area (Å²) in [4.78, 5) is 27.7. The third-order valence-electron chi connectivity index (χ3n) is 4.57. The van der Waals surface area contributed by atoms with Gasteiger partial charge in [-0.15, -0.1) is 0 Å². The van der Waals surface area contributed by atoms with Crippen molar-refractivity contribution >= 4 is 17.4 Å². The van der Waals surface area contributed by atoms with Crippen LogP contribution in [0.1, 0.15) is 16.2 Å². The molecule has 3 heterocycles. The zero-order chi connectivity index (χ0) is 18.5. The van der Waals surface area contributed by atoms with E-state index in [1.807, 2.05) is 42.5 Å². The number of pyridine rings is 1. The van der Waals surface area contributed by atoms with Crippen LogP contribution in [0.4, 0.5) is 11.5 Å². The number of imidazole rings is 1. The van der Waals surface area contributed by atoms with E-state index in [1.54, 1.807) is 23.5 Å². The molecule has 0 unspecified atom stereocenters. The van der Waals surface area contributed by atoms with Gasteiger partial charge in [-0.3, -0.25) is 9.69 Å². The Bertz CT molecular complexity index is 859. The van der Waals surface area contributed by atoms with Gasteiger partial charge in [-0.25, -0.2) is 9.97 Å². The number of carbonyl (C=O) groups is 1. The van der Waals surface area contributed by atoms with Crippen molar-refractivity contribution in [3.8, 4) is 0 Å². The van der Waals surface area contributed by atoms with Crippen molar-refractivity contribution in [3.05, 3.63) is 72.4 Å². The van der Waals surface area contributed by atoms with E-state index in [1.165, 1.54) is 0 Å². The van der Waals surface area contributed by atoms with Crippen LogP contribution in [0.15, 0.2) is 61.1 Å². The number of aromatic nitrogens is 3. The van der Waals surface area contributed by atoms with E-state index in [9.17, 15) is 4.79 Å². The number of H-pyrrole nitrogens is 2. The van der Waals surface area contributed by atoms with Crippen LogP contribution >= 0.6 is 0 Å². The highest BCUT2D eigenvalue weighted by atomic mass is 16.5. The second kappa shape index (κ2) is 8.01. The summed E-state index contributed by atoms with van der Waals surface area (Å²) in [5.41, 5.74) is 1.43. The highest BCUT2D eigenvalue weighted by Crippen LogP contribution is 2.19. The van der Waals surface area contributed by atoms with Crippen LogP contribution < -0.4 is 14.8 Å². The fourth-order valence-electron chi connectivity index (χ4n) is 3.13. The van der Waals surface area contributed by atoms with Crippen LogP contribution in [0, 0.1) is 0 Å². The van der Waals surface area contributed by atoms with Crippen LogP contribution in [0.5, 0.6) is 0 Å². The molecule has 4 rings (SSSR count). The molecule has 0 atom stereocenters. The van der Waals surface area contributed by atoms with E-state index in [0.717, 1.165) is 43.6 Å². The molecule has 2 N–H and O–H groups in total. The predicted octanol–water partition coefficient (Wildman–Crippen LogP) is 1.91. The second-order valence-corrected chi connectivity index (χ2v) is 6.32. The molecule has 138 valence electrons. The van der Waals surface area contributed by atoms with Gasteiger partial charge in [0, 0.05) is 24.1 Å². The topological polar surface area (TPSA) is 75.6 Å². The van der Waals surface area contributed by atoms with Gasteiger partial charge < -0.3 is 14.6 Å². The van der Waals surface area contributed by atoms with Crippen molar-refractivity contribution in [1.29, 1.82) is 0 Å². The van der Waals surface area contributed by atoms with E-state index in [2.05, 4.69) is 19.9 Å². The lowest BCUT2D eigenvalue weighted by molar-refractivity contribution is -0.364. The van der Waals surface area contributed by atoms with Gasteiger partial charge in [-0.1, -0.05) is 18.2 Å². The summed E-state index contributed by atoms with van der Waals surface area (Å²) < 4.78 is 5.39. The summed E-state index contributed by atoms with van der Waals surface area (Å²) in [5.74, 6) is 1.65. The Labute approximate surface area is 157 Å². The number of amides is 1. The van der Waals surface area contributed by atoms with Crippen LogP contribution in [0.3, 0.4) is 0 Å². The van der Waals surface area contributed by atoms with Gasteiger partial charge in [-0.2, -0.15) is 0 Å². The monoisotopic (exact) mass is 364 g/mol. The fraction of sp³-hybridized carbons (Fsp3) is 0.250. The fourth-order valence-corrected chi connectivity index (χ4v) is 3.13. The Morgan fingerprint density at radius 1 is 1.19 bits per heavy atom. The van der Waals surface area contributed by atoms with Crippen LogP contribution in [-0.4, -0.2) is 42.2 Å². The van der Waals surface area contributed by atoms with Gasteiger partial charge in [0.15, 0.2) is 0 Å². The van der Waals surface area contributed by atoms with Crippen molar-refractivity contribution in [3.63, 3.8) is 0 Å². The molecular weight excluding hydrogens is 342 g/mol. The first-order valence-corrected chi connectivity index (χ1v) is 9.01. The summed E-state index contributed by atoms with van der Waals surface area (Å²) in [5, 5.41) is 0. The number of ether oxygens (including phenoxy) is 1. The lowest BCUT2D eigenvalue weighted by Crippen LogP contribution is -2.39. The molecule has 1 aliphatic rings. The maximum absolute atomic E-state index is 13.2. The van der Waals surface area contributed by atoms with Crippen LogP contribution in [-0.2, 0) is 11.3 Å². The Morgan fingerprint density at radius 3 is 2.67 bits per heavy atom. The summed E-state index contributed by atoms with van der Waals surface area (Å²) >= 11 is 0. The van der Waals surface area contributed by atoms with E-state index in [-0.39, 0.29) is 5.91 Å². The Balaban J connectivity index is 1.57. The maximum Gasteiger partial charge on any atom is 0.274 e. The first-order chi connectivity index (χ1) is 13.3. The number of morpholine rings is 1. The molecule has 1 amide bonds. The van der Waals surface area contributed by atoms with E-state index < -0.39 is 0 Å². The highest BCUT2D eigenvalue weighted by molar-refractivity contribution is 6.05. The number of para-hydroxylation sites is 1. The maximum atomic E-state index is 13.2. The summed E-state index contributed by atoms with van der Waals surface area (Å²) in [7, 11) is 0. The molecule has 7 heteroatoms. The number of nitrogens with one attached hydrogen (secondary N) is 2. The zero-order valence-corrected chi connectivity index (χ0v) is 15.0. The van der Waals surface area contributed by atoms with Crippen molar-refractivity contribution in [1.82, 2.24) is 9.97 Å². The van der Waals surface area contributed by atoms with Gasteiger partial charge in [-0.05, 0) is 18.2 Å². The molecule has 0 radical (unpaired) electrons. The number of benzene rings is 1. The van der Waals surface area contributed by atoms with Crippen LogP contribution in [0.25, 0.3) is 0 Å². The number of rotatable bonds is 5. The second-order valence-electron chi connectivity index (χ2n) is 6.32. The molecule has 1 aromatic carbocycles. The normalized spacial score (nSPS) is 14.1. The quantitative estimate of drug-likeness (QED) is 0.750. The van der Waals surface area contributed by atoms with E-state index in [0.29, 0.717) is 12.1 Å². The van der Waals surface area contributed by atoms with Crippen molar-refractivity contribution in [2.45, 2.75) is 6.54 Å². The number of anilines is 2. The third kappa shape index (κ3) is 3.98. The van der Waals surface area contributed by atoms with E-state index in [4.69, 9.17) is 4.74 Å². The molecular formula is C20H22N5O2+. The van der Waals surface area contributed by atoms with Gasteiger partial charge in [0.05, 0.1) is 25.3 Å². The van der Waals surface area contributed by atoms with Gasteiger partial charge in [0.2, 0.25) is 0 Å². The van der Waals surface area contributed by atoms with Gasteiger partial charge in [0.1, 0.15) is 25.1 Å². The Kier molecular flexibility index (Phi) is 5.11. The van der Waals surface area contributed by atoms with Crippen molar-refractivity contribution in [2.24, 2.45) is 0 Å². The molecule has 3 aromatic rings. The number of aromatic amines is 2. The third-order valence-corrected chi connectivity index (χ3v) is 4.57. The Hall–Kier alpha value is -3.19. The van der Waals surface area contributed by atoms with Gasteiger partial charge in [0.25, 0.3) is 11.7 Å². The largest absolute Gasteiger partial charge is 0.373 e. The molecule has 1 fully saturated rings. The standard InChI is InChI=1S/C20H21N5O2/c26-20(16-6-7-19(23-14-16)24-10-12-27-13-11-24)25(15-18-21-8-9-22-18)17-4-2-1-3-5-17/h1-9,14H,10-13,15H2,(H,21,22)/p+1. The summed E-state index contributed by atoms with van der Waals surface area (Å²) in [6.45, 7) is 3.51. The molecule has 0 bridgehead atoms. The average molecular weight is 364 g/mol. The first kappa shape index (κ1) is 17.2. The first-order valence-electron chi connectivity index (χ1n) is 9.01. The number of hydrogen-bond acceptors (Lipinski definition) is 4. The lowest BCUT2D eigenvalue weighted by Gasteiger charge is -2.23. The summed E-state index contributed by atoms with van der Waals surface area (Å²) in [6.07, 6.45) is 5.22. The number of hydrogen-bond donors (Lipinski definition) is 1. The zero-order valence-electron chi connectivity index (χ0n) is 15.0. The molecule has 7 nitrogen and oxygen atoms in total. The Morgan fingerprint density at radius 2 is 2.00 bits per heavy atom. The highest BCUT2D eigenvalue weighted by Gasteiger charge is 2.23. The summed E-state index contributed by atoms with van der Waals surface area (Å²) in [6, 6.07) is 13.4. The number of carbonyl (C=O) groups excluding carboxylic acids is 1. The minimum absolute atomic E-state index is 0.0811. The molecule has 1 saturated heterocycles. The smallest absolute Gasteiger partial charge is 0.274 e. The minimum atomic E-state index is -0.0811. The lowest BCUT2D eigenvalue weighted by atomic mass is 10.2. The average Bonchev–Trinajstić information content (AvgIpc) is 3.26. The van der Waals surface area contributed by atoms with Crippen molar-refractivity contribution in [2.75, 3.05) is 36.1 Å². The molecule has 0 aliphatic carbocycles. The number of nitrogens with zero attached hydrogens (tertiary/aromatic N) is 3. The van der Waals surface area contributed by atoms with Crippen LogP contribution in [0.2, 0.25) is 0 Å². The molecule has 1 aliphatic heterocycles. The van der Waals surface area contributed by atoms with Crippen molar-refractivity contribution < 1.29 is 14.5 Å².